The van der Waals surface area contributed by atoms with E-state index in [-0.39, 0.29) is 24.7 Å². The summed E-state index contributed by atoms with van der Waals surface area (Å²) in [4.78, 5) is 39.2. The zero-order valence-corrected chi connectivity index (χ0v) is 17.6. The van der Waals surface area contributed by atoms with Gasteiger partial charge in [-0.3, -0.25) is 14.4 Å². The molecule has 2 aliphatic rings. The Labute approximate surface area is 181 Å². The van der Waals surface area contributed by atoms with Gasteiger partial charge in [0.15, 0.2) is 5.78 Å². The number of hydrogen-bond acceptors (Lipinski definition) is 5. The Morgan fingerprint density at radius 3 is 2.48 bits per heavy atom. The van der Waals surface area contributed by atoms with Crippen LogP contribution in [0.15, 0.2) is 65.9 Å². The van der Waals surface area contributed by atoms with Gasteiger partial charge >= 0.3 is 5.97 Å². The van der Waals surface area contributed by atoms with Crippen molar-refractivity contribution in [2.24, 2.45) is 5.92 Å². The summed E-state index contributed by atoms with van der Waals surface area (Å²) in [6.45, 7) is 1.93. The number of esters is 1. The third-order valence-corrected chi connectivity index (χ3v) is 5.99. The third kappa shape index (κ3) is 3.98. The summed E-state index contributed by atoms with van der Waals surface area (Å²) in [6.07, 6.45) is 0.532. The lowest BCUT2D eigenvalue weighted by molar-refractivity contribution is -0.152. The van der Waals surface area contributed by atoms with E-state index < -0.39 is 23.7 Å². The molecule has 1 aliphatic heterocycles. The molecule has 6 nitrogen and oxygen atoms in total. The summed E-state index contributed by atoms with van der Waals surface area (Å²) in [7, 11) is 1.57. The van der Waals surface area contributed by atoms with Gasteiger partial charge in [-0.1, -0.05) is 42.5 Å². The van der Waals surface area contributed by atoms with Crippen LogP contribution in [0.5, 0.6) is 5.75 Å². The molecular weight excluding hydrogens is 394 g/mol. The Hall–Kier alpha value is -3.41. The molecule has 0 saturated carbocycles. The van der Waals surface area contributed by atoms with Crippen molar-refractivity contribution in [2.45, 2.75) is 31.6 Å². The first-order chi connectivity index (χ1) is 15.0. The fraction of sp³-hybridized carbons (Fsp3) is 0.320. The van der Waals surface area contributed by atoms with Gasteiger partial charge in [0, 0.05) is 29.5 Å². The van der Waals surface area contributed by atoms with Gasteiger partial charge in [-0.15, -0.1) is 0 Å². The average Bonchev–Trinajstić information content (AvgIpc) is 2.79. The zero-order valence-electron chi connectivity index (χ0n) is 17.6. The van der Waals surface area contributed by atoms with Crippen LogP contribution in [0.4, 0.5) is 0 Å². The number of hydrogen-bond donors (Lipinski definition) is 1. The molecule has 1 aliphatic carbocycles. The number of Topliss-reactive ketones (excluding diaryl/α,β-unsaturated/α-hetero) is 1. The average molecular weight is 419 g/mol. The number of amides is 1. The number of ether oxygens (including phenoxy) is 2. The largest absolute Gasteiger partial charge is 0.497 e. The normalized spacial score (nSPS) is 23.1. The summed E-state index contributed by atoms with van der Waals surface area (Å²) in [5, 5.41) is 2.90. The molecule has 0 bridgehead atoms. The van der Waals surface area contributed by atoms with E-state index in [9.17, 15) is 14.4 Å². The molecule has 1 amide bonds. The maximum atomic E-state index is 13.8. The molecule has 0 radical (unpaired) electrons. The second-order valence-corrected chi connectivity index (χ2v) is 7.79. The minimum absolute atomic E-state index is 0.138. The van der Waals surface area contributed by atoms with Crippen LogP contribution in [-0.2, 0) is 19.1 Å². The predicted octanol–water partition coefficient (Wildman–Crippen LogP) is 3.49. The van der Waals surface area contributed by atoms with Gasteiger partial charge in [0.25, 0.3) is 0 Å². The molecule has 1 heterocycles. The van der Waals surface area contributed by atoms with E-state index in [4.69, 9.17) is 9.47 Å². The van der Waals surface area contributed by atoms with E-state index in [0.717, 1.165) is 11.1 Å². The number of carbonyl (C=O) groups is 3. The van der Waals surface area contributed by atoms with Gasteiger partial charge in [0.1, 0.15) is 11.7 Å². The van der Waals surface area contributed by atoms with Gasteiger partial charge in [-0.2, -0.15) is 0 Å². The number of allylic oxidation sites excluding steroid dienone is 2. The van der Waals surface area contributed by atoms with E-state index in [2.05, 4.69) is 5.32 Å². The first-order valence-electron chi connectivity index (χ1n) is 10.5. The highest BCUT2D eigenvalue weighted by atomic mass is 16.5. The lowest BCUT2D eigenvalue weighted by Gasteiger charge is -2.38. The molecule has 0 saturated heterocycles. The molecule has 3 unspecified atom stereocenters. The number of benzene rings is 2. The molecule has 2 aromatic carbocycles. The predicted molar refractivity (Wildman–Crippen MR) is 114 cm³/mol. The van der Waals surface area contributed by atoms with E-state index >= 15 is 0 Å². The summed E-state index contributed by atoms with van der Waals surface area (Å²) >= 11 is 0. The fourth-order valence-corrected chi connectivity index (χ4v) is 4.61. The number of nitrogens with one attached hydrogen (secondary N) is 1. The molecule has 6 heteroatoms. The van der Waals surface area contributed by atoms with Crippen LogP contribution in [0.2, 0.25) is 0 Å². The fourth-order valence-electron chi connectivity index (χ4n) is 4.61. The molecule has 4 rings (SSSR count). The second-order valence-electron chi connectivity index (χ2n) is 7.79. The van der Waals surface area contributed by atoms with Crippen LogP contribution >= 0.6 is 0 Å². The first-order valence-corrected chi connectivity index (χ1v) is 10.5. The van der Waals surface area contributed by atoms with Crippen LogP contribution in [0, 0.1) is 5.92 Å². The first kappa shape index (κ1) is 20.8. The third-order valence-electron chi connectivity index (χ3n) is 5.99. The van der Waals surface area contributed by atoms with Crippen molar-refractivity contribution in [1.29, 1.82) is 0 Å². The molecule has 0 fully saturated rings. The van der Waals surface area contributed by atoms with Crippen molar-refractivity contribution in [1.82, 2.24) is 5.32 Å². The van der Waals surface area contributed by atoms with Gasteiger partial charge in [-0.25, -0.2) is 0 Å². The summed E-state index contributed by atoms with van der Waals surface area (Å²) < 4.78 is 10.6. The summed E-state index contributed by atoms with van der Waals surface area (Å²) in [5.74, 6) is -2.05. The van der Waals surface area contributed by atoms with Crippen LogP contribution in [0.1, 0.15) is 42.7 Å². The maximum Gasteiger partial charge on any atom is 0.317 e. The van der Waals surface area contributed by atoms with Crippen molar-refractivity contribution >= 4 is 17.7 Å². The Morgan fingerprint density at radius 2 is 1.77 bits per heavy atom. The van der Waals surface area contributed by atoms with Crippen LogP contribution in [0.25, 0.3) is 0 Å². The zero-order chi connectivity index (χ0) is 22.0. The lowest BCUT2D eigenvalue weighted by Crippen LogP contribution is -2.44. The smallest absolute Gasteiger partial charge is 0.317 e. The highest BCUT2D eigenvalue weighted by Gasteiger charge is 2.47. The van der Waals surface area contributed by atoms with Crippen molar-refractivity contribution in [3.05, 3.63) is 77.0 Å². The summed E-state index contributed by atoms with van der Waals surface area (Å²) in [5.41, 5.74) is 2.79. The van der Waals surface area contributed by atoms with E-state index in [1.54, 1.807) is 14.0 Å². The molecule has 0 spiro atoms. The summed E-state index contributed by atoms with van der Waals surface area (Å²) in [6, 6.07) is 16.8. The minimum atomic E-state index is -0.941. The topological polar surface area (TPSA) is 81.7 Å². The Kier molecular flexibility index (Phi) is 5.89. The molecule has 3 atom stereocenters. The monoisotopic (exact) mass is 419 g/mol. The molecule has 160 valence electrons. The Bertz CT molecular complexity index is 1040. The van der Waals surface area contributed by atoms with E-state index in [0.29, 0.717) is 23.4 Å². The standard InChI is InChI=1S/C25H25NO5/c1-3-31-25(29)23-18(15-8-5-4-6-9-15)13-20-22(24(23)28)19(14-21(27)26-20)16-10-7-11-17(12-16)30-2/h4-12,18-19,23H,3,13-14H2,1-2H3,(H,26,27). The highest BCUT2D eigenvalue weighted by molar-refractivity contribution is 6.12. The minimum Gasteiger partial charge on any atom is -0.497 e. The SMILES string of the molecule is CCOC(=O)C1C(=O)C2=C(CC1c1ccccc1)NC(=O)CC2c1cccc(OC)c1. The number of ketones is 1. The van der Waals surface area contributed by atoms with Crippen molar-refractivity contribution in [3.63, 3.8) is 0 Å². The molecule has 31 heavy (non-hydrogen) atoms. The lowest BCUT2D eigenvalue weighted by atomic mass is 9.68. The van der Waals surface area contributed by atoms with Crippen LogP contribution in [-0.4, -0.2) is 31.4 Å². The van der Waals surface area contributed by atoms with Gasteiger partial charge < -0.3 is 14.8 Å². The van der Waals surface area contributed by atoms with Crippen LogP contribution < -0.4 is 10.1 Å². The molecular formula is C25H25NO5. The number of carbonyl (C=O) groups excluding carboxylic acids is 3. The van der Waals surface area contributed by atoms with Gasteiger partial charge in [0.2, 0.25) is 5.91 Å². The van der Waals surface area contributed by atoms with Crippen molar-refractivity contribution in [2.75, 3.05) is 13.7 Å². The Morgan fingerprint density at radius 1 is 1.03 bits per heavy atom. The van der Waals surface area contributed by atoms with Gasteiger partial charge in [0.05, 0.1) is 13.7 Å². The van der Waals surface area contributed by atoms with Gasteiger partial charge in [-0.05, 0) is 36.6 Å². The maximum absolute atomic E-state index is 13.8. The Balaban J connectivity index is 1.82. The van der Waals surface area contributed by atoms with Crippen molar-refractivity contribution in [3.8, 4) is 5.75 Å². The van der Waals surface area contributed by atoms with Crippen LogP contribution in [0.3, 0.4) is 0 Å². The molecule has 1 N–H and O–H groups in total. The molecule has 0 aromatic heterocycles. The van der Waals surface area contributed by atoms with E-state index in [1.165, 1.54) is 0 Å². The molecule has 2 aromatic rings. The van der Waals surface area contributed by atoms with E-state index in [1.807, 2.05) is 54.6 Å². The second kappa shape index (κ2) is 8.76. The quantitative estimate of drug-likeness (QED) is 0.593. The van der Waals surface area contributed by atoms with Crippen molar-refractivity contribution < 1.29 is 23.9 Å². The number of methoxy groups -OCH3 is 1. The number of rotatable bonds is 5. The highest BCUT2D eigenvalue weighted by Crippen LogP contribution is 2.46.